The Labute approximate surface area is 216 Å². The molecule has 0 radical (unpaired) electrons. The third kappa shape index (κ3) is 6.57. The summed E-state index contributed by atoms with van der Waals surface area (Å²) in [6.07, 6.45) is -4.92. The number of thioether (sulfide) groups is 1. The molecule has 13 heteroatoms. The van der Waals surface area contributed by atoms with Crippen LogP contribution in [0.2, 0.25) is 0 Å². The lowest BCUT2D eigenvalue weighted by molar-refractivity contribution is -0.143. The van der Waals surface area contributed by atoms with Gasteiger partial charge in [-0.3, -0.25) is 9.69 Å². The largest absolute Gasteiger partial charge is 0.416 e. The Morgan fingerprint density at radius 3 is 2.22 bits per heavy atom. The van der Waals surface area contributed by atoms with E-state index in [-0.39, 0.29) is 26.4 Å². The van der Waals surface area contributed by atoms with Gasteiger partial charge in [0.2, 0.25) is 0 Å². The monoisotopic (exact) mass is 564 g/mol. The van der Waals surface area contributed by atoms with E-state index in [0.29, 0.717) is 54.7 Å². The van der Waals surface area contributed by atoms with Crippen LogP contribution in [0, 0.1) is 0 Å². The van der Waals surface area contributed by atoms with Crippen molar-refractivity contribution < 1.29 is 35.9 Å². The number of hydrogen-bond donors (Lipinski definition) is 1. The van der Waals surface area contributed by atoms with Crippen molar-refractivity contribution in [3.8, 4) is 11.1 Å². The first-order chi connectivity index (χ1) is 16.9. The number of carbonyl (C=O) groups is 1. The molecule has 2 saturated heterocycles. The maximum absolute atomic E-state index is 13.5. The normalized spacial score (nSPS) is 19.0. The fourth-order valence-corrected chi connectivity index (χ4v) is 5.77. The number of thiocarbonyl (C=S) groups is 1. The topological polar surface area (TPSA) is 41.6 Å². The van der Waals surface area contributed by atoms with Gasteiger partial charge in [-0.05, 0) is 42.0 Å². The summed E-state index contributed by atoms with van der Waals surface area (Å²) in [6, 6.07) is 3.00. The zero-order chi connectivity index (χ0) is 26.1. The second-order valence-electron chi connectivity index (χ2n) is 7.89. The Hall–Kier alpha value is -2.19. The summed E-state index contributed by atoms with van der Waals surface area (Å²) >= 11 is 7.15. The van der Waals surface area contributed by atoms with E-state index in [2.05, 4.69) is 10.2 Å². The van der Waals surface area contributed by atoms with E-state index in [1.807, 2.05) is 6.08 Å². The summed E-state index contributed by atoms with van der Waals surface area (Å²) < 4.78 is 86.3. The number of alkyl halides is 6. The Balaban J connectivity index is 1.77. The molecule has 4 nitrogen and oxygen atoms in total. The van der Waals surface area contributed by atoms with E-state index in [1.54, 1.807) is 6.08 Å². The highest BCUT2D eigenvalue weighted by atomic mass is 32.2. The van der Waals surface area contributed by atoms with Crippen LogP contribution in [0.15, 0.2) is 35.2 Å². The van der Waals surface area contributed by atoms with E-state index in [4.69, 9.17) is 17.0 Å². The minimum absolute atomic E-state index is 0.104. The number of hydrogen-bond acceptors (Lipinski definition) is 6. The lowest BCUT2D eigenvalue weighted by Crippen LogP contribution is -2.36. The highest BCUT2D eigenvalue weighted by Crippen LogP contribution is 2.42. The van der Waals surface area contributed by atoms with Crippen LogP contribution in [0.4, 0.5) is 26.3 Å². The standard InChI is InChI=1S/C23H18F6N2O2S3/c24-22(25,26)14-8-13(9-15(10-14)23(27,28)29)17-11-16(12-19-20(32)30-21(34)36-19)35-18(17)2-1-3-31-4-6-33-7-5-31/h1-2,8-12H,3-7H2,(H,30,32,34)/b2-1+,19-12-. The zero-order valence-corrected chi connectivity index (χ0v) is 20.8. The molecule has 1 N–H and O–H groups in total. The highest BCUT2D eigenvalue weighted by Gasteiger charge is 2.37. The fourth-order valence-electron chi connectivity index (χ4n) is 3.60. The van der Waals surface area contributed by atoms with Gasteiger partial charge in [0.05, 0.1) is 29.2 Å². The molecule has 0 saturated carbocycles. The number of amides is 1. The number of nitrogens with zero attached hydrogens (tertiary/aromatic N) is 1. The maximum atomic E-state index is 13.5. The minimum atomic E-state index is -4.96. The van der Waals surface area contributed by atoms with Crippen LogP contribution in [0.25, 0.3) is 23.3 Å². The molecule has 0 unspecified atom stereocenters. The Bertz CT molecular complexity index is 1200. The molecule has 192 valence electrons. The molecule has 1 aromatic carbocycles. The molecule has 2 aliphatic rings. The quantitative estimate of drug-likeness (QED) is 0.263. The first-order valence-corrected chi connectivity index (χ1v) is 12.6. The highest BCUT2D eigenvalue weighted by molar-refractivity contribution is 8.26. The van der Waals surface area contributed by atoms with E-state index in [9.17, 15) is 31.1 Å². The second kappa shape index (κ2) is 10.7. The van der Waals surface area contributed by atoms with Crippen LogP contribution in [0.5, 0.6) is 0 Å². The number of morpholine rings is 1. The number of ether oxygens (including phenoxy) is 1. The molecular formula is C23H18F6N2O2S3. The maximum Gasteiger partial charge on any atom is 0.416 e. The van der Waals surface area contributed by atoms with Crippen molar-refractivity contribution in [2.75, 3.05) is 32.8 Å². The molecule has 2 aliphatic heterocycles. The van der Waals surface area contributed by atoms with Crippen molar-refractivity contribution in [3.05, 3.63) is 56.1 Å². The molecular weight excluding hydrogens is 546 g/mol. The predicted molar refractivity (Wildman–Crippen MR) is 132 cm³/mol. The molecule has 2 fully saturated rings. The third-order valence-corrected chi connectivity index (χ3v) is 7.54. The Morgan fingerprint density at radius 1 is 1.03 bits per heavy atom. The van der Waals surface area contributed by atoms with Gasteiger partial charge in [0.15, 0.2) is 0 Å². The van der Waals surface area contributed by atoms with Crippen LogP contribution in [-0.2, 0) is 21.9 Å². The van der Waals surface area contributed by atoms with Crippen molar-refractivity contribution >= 4 is 57.7 Å². The molecule has 1 amide bonds. The van der Waals surface area contributed by atoms with Crippen molar-refractivity contribution in [1.29, 1.82) is 0 Å². The van der Waals surface area contributed by atoms with Crippen molar-refractivity contribution in [2.45, 2.75) is 12.4 Å². The number of nitrogens with one attached hydrogen (secondary N) is 1. The van der Waals surface area contributed by atoms with E-state index >= 15 is 0 Å². The summed E-state index contributed by atoms with van der Waals surface area (Å²) in [5, 5.41) is 2.47. The molecule has 3 heterocycles. The van der Waals surface area contributed by atoms with Crippen LogP contribution in [-0.4, -0.2) is 48.0 Å². The van der Waals surface area contributed by atoms with E-state index in [0.717, 1.165) is 23.1 Å². The van der Waals surface area contributed by atoms with Gasteiger partial charge in [-0.15, -0.1) is 11.3 Å². The number of thiophene rings is 1. The van der Waals surface area contributed by atoms with E-state index < -0.39 is 29.4 Å². The van der Waals surface area contributed by atoms with Crippen molar-refractivity contribution in [2.24, 2.45) is 0 Å². The van der Waals surface area contributed by atoms with Gasteiger partial charge in [-0.25, -0.2) is 0 Å². The summed E-state index contributed by atoms with van der Waals surface area (Å²) in [5.41, 5.74) is -2.80. The molecule has 36 heavy (non-hydrogen) atoms. The molecule has 0 spiro atoms. The number of rotatable bonds is 5. The molecule has 4 rings (SSSR count). The molecule has 0 atom stereocenters. The predicted octanol–water partition coefficient (Wildman–Crippen LogP) is 6.29. The Kier molecular flexibility index (Phi) is 7.95. The summed E-state index contributed by atoms with van der Waals surface area (Å²) in [7, 11) is 0. The summed E-state index contributed by atoms with van der Waals surface area (Å²) in [6.45, 7) is 3.14. The average Bonchev–Trinajstić information content (AvgIpc) is 3.35. The van der Waals surface area contributed by atoms with Gasteiger partial charge in [-0.2, -0.15) is 26.3 Å². The molecule has 0 bridgehead atoms. The first-order valence-electron chi connectivity index (χ1n) is 10.6. The van der Waals surface area contributed by atoms with Gasteiger partial charge in [-0.1, -0.05) is 30.1 Å². The number of halogens is 6. The van der Waals surface area contributed by atoms with Crippen LogP contribution in [0.3, 0.4) is 0 Å². The van der Waals surface area contributed by atoms with Crippen molar-refractivity contribution in [1.82, 2.24) is 10.2 Å². The van der Waals surface area contributed by atoms with E-state index in [1.165, 1.54) is 12.1 Å². The molecule has 0 aliphatic carbocycles. The SMILES string of the molecule is O=C1NC(=S)S/C1=C\c1cc(-c2cc(C(F)(F)F)cc(C(F)(F)F)c2)c(/C=C/CN2CCOCC2)s1. The molecule has 2 aromatic rings. The number of benzene rings is 1. The van der Waals surface area contributed by atoms with Gasteiger partial charge in [0.25, 0.3) is 5.91 Å². The first kappa shape index (κ1) is 26.9. The summed E-state index contributed by atoms with van der Waals surface area (Å²) in [4.78, 5) is 15.4. The number of carbonyl (C=O) groups excluding carboxylic acids is 1. The lowest BCUT2D eigenvalue weighted by Gasteiger charge is -2.25. The lowest BCUT2D eigenvalue weighted by atomic mass is 9.99. The van der Waals surface area contributed by atoms with Gasteiger partial charge in [0.1, 0.15) is 4.32 Å². The summed E-state index contributed by atoms with van der Waals surface area (Å²) in [5.74, 6) is -0.414. The van der Waals surface area contributed by atoms with Crippen LogP contribution < -0.4 is 5.32 Å². The van der Waals surface area contributed by atoms with Gasteiger partial charge < -0.3 is 10.1 Å². The van der Waals surface area contributed by atoms with Crippen LogP contribution >= 0.6 is 35.3 Å². The zero-order valence-electron chi connectivity index (χ0n) is 18.3. The third-order valence-electron chi connectivity index (χ3n) is 5.33. The van der Waals surface area contributed by atoms with Gasteiger partial charge in [0, 0.05) is 35.0 Å². The Morgan fingerprint density at radius 2 is 1.67 bits per heavy atom. The average molecular weight is 565 g/mol. The van der Waals surface area contributed by atoms with Crippen LogP contribution in [0.1, 0.15) is 20.9 Å². The smallest absolute Gasteiger partial charge is 0.379 e. The van der Waals surface area contributed by atoms with Crippen molar-refractivity contribution in [3.63, 3.8) is 0 Å². The van der Waals surface area contributed by atoms with Gasteiger partial charge >= 0.3 is 12.4 Å². The minimum Gasteiger partial charge on any atom is -0.379 e. The molecule has 1 aromatic heterocycles. The second-order valence-corrected chi connectivity index (χ2v) is 10.7. The fraction of sp³-hybridized carbons (Fsp3) is 0.304.